The number of ether oxygens (including phenoxy) is 1. The predicted octanol–water partition coefficient (Wildman–Crippen LogP) is 2.96. The predicted molar refractivity (Wildman–Crippen MR) is 103 cm³/mol. The van der Waals surface area contributed by atoms with Gasteiger partial charge in [0, 0.05) is 32.7 Å². The first-order valence-electron chi connectivity index (χ1n) is 8.93. The molecule has 0 N–H and O–H groups in total. The molecule has 1 saturated heterocycles. The highest BCUT2D eigenvalue weighted by molar-refractivity contribution is 7.89. The third-order valence-corrected chi connectivity index (χ3v) is 6.86. The molecule has 0 aromatic heterocycles. The minimum absolute atomic E-state index is 0.153. The first-order chi connectivity index (χ1) is 12.8. The Hall–Kier alpha value is -1.96. The summed E-state index contributed by atoms with van der Waals surface area (Å²) in [5.41, 5.74) is 2.60. The van der Waals surface area contributed by atoms with Gasteiger partial charge in [0.05, 0.1) is 12.0 Å². The van der Waals surface area contributed by atoms with Gasteiger partial charge in [0.1, 0.15) is 11.6 Å². The molecule has 0 spiro atoms. The van der Waals surface area contributed by atoms with Gasteiger partial charge in [-0.3, -0.25) is 4.90 Å². The maximum absolute atomic E-state index is 13.4. The third-order valence-electron chi connectivity index (χ3n) is 4.96. The molecule has 2 aromatic carbocycles. The topological polar surface area (TPSA) is 49.9 Å². The van der Waals surface area contributed by atoms with E-state index >= 15 is 0 Å². The minimum atomic E-state index is -3.59. The molecule has 0 bridgehead atoms. The highest BCUT2D eigenvalue weighted by atomic mass is 32.2. The highest BCUT2D eigenvalue weighted by Gasteiger charge is 2.28. The average Bonchev–Trinajstić information content (AvgIpc) is 2.64. The quantitative estimate of drug-likeness (QED) is 0.785. The Morgan fingerprint density at radius 1 is 1.00 bits per heavy atom. The molecule has 0 amide bonds. The summed E-state index contributed by atoms with van der Waals surface area (Å²) in [4.78, 5) is 2.39. The summed E-state index contributed by atoms with van der Waals surface area (Å²) < 4.78 is 45.8. The molecule has 0 saturated carbocycles. The standard InChI is InChI=1S/C20H25FN2O3S/c1-15-13-18(5-6-19(15)21)27(24,25)23-10-8-22(9-11-23)14-17-4-7-20(26-3)16(2)12-17/h4-7,12-13H,8-11,14H2,1-3H3. The van der Waals surface area contributed by atoms with Crippen LogP contribution in [0.5, 0.6) is 5.75 Å². The van der Waals surface area contributed by atoms with Crippen molar-refractivity contribution in [1.29, 1.82) is 0 Å². The third kappa shape index (κ3) is 4.31. The van der Waals surface area contributed by atoms with Gasteiger partial charge in [0.25, 0.3) is 0 Å². The fourth-order valence-corrected chi connectivity index (χ4v) is 4.86. The van der Waals surface area contributed by atoms with Crippen molar-refractivity contribution in [3.05, 3.63) is 58.9 Å². The van der Waals surface area contributed by atoms with E-state index in [1.54, 1.807) is 14.0 Å². The molecular weight excluding hydrogens is 367 g/mol. The fraction of sp³-hybridized carbons (Fsp3) is 0.400. The zero-order valence-electron chi connectivity index (χ0n) is 15.9. The lowest BCUT2D eigenvalue weighted by Crippen LogP contribution is -2.48. The number of piperazine rings is 1. The Morgan fingerprint density at radius 3 is 2.30 bits per heavy atom. The van der Waals surface area contributed by atoms with Gasteiger partial charge >= 0.3 is 0 Å². The first-order valence-corrected chi connectivity index (χ1v) is 10.4. The van der Waals surface area contributed by atoms with Crippen LogP contribution in [0.3, 0.4) is 0 Å². The summed E-state index contributed by atoms with van der Waals surface area (Å²) >= 11 is 0. The molecule has 146 valence electrons. The molecule has 1 heterocycles. The molecule has 0 unspecified atom stereocenters. The first kappa shape index (κ1) is 19.8. The Balaban J connectivity index is 1.64. The van der Waals surface area contributed by atoms with Gasteiger partial charge in [-0.1, -0.05) is 12.1 Å². The van der Waals surface area contributed by atoms with Crippen molar-refractivity contribution in [2.24, 2.45) is 0 Å². The van der Waals surface area contributed by atoms with Crippen LogP contribution in [0.15, 0.2) is 41.3 Å². The summed E-state index contributed by atoms with van der Waals surface area (Å²) in [6.45, 7) is 6.52. The number of hydrogen-bond acceptors (Lipinski definition) is 4. The summed E-state index contributed by atoms with van der Waals surface area (Å²) in [5, 5.41) is 0. The summed E-state index contributed by atoms with van der Waals surface area (Å²) in [7, 11) is -1.93. The Kier molecular flexibility index (Phi) is 5.83. The number of rotatable bonds is 5. The van der Waals surface area contributed by atoms with Crippen LogP contribution < -0.4 is 4.74 Å². The number of aryl methyl sites for hydroxylation is 2. The van der Waals surface area contributed by atoms with E-state index in [1.165, 1.54) is 28.1 Å². The van der Waals surface area contributed by atoms with E-state index in [0.717, 1.165) is 17.9 Å². The van der Waals surface area contributed by atoms with Crippen molar-refractivity contribution < 1.29 is 17.5 Å². The van der Waals surface area contributed by atoms with Crippen molar-refractivity contribution in [2.75, 3.05) is 33.3 Å². The van der Waals surface area contributed by atoms with Crippen molar-refractivity contribution in [3.8, 4) is 5.75 Å². The largest absolute Gasteiger partial charge is 0.496 e. The molecule has 7 heteroatoms. The molecule has 5 nitrogen and oxygen atoms in total. The van der Waals surface area contributed by atoms with Crippen LogP contribution in [0.1, 0.15) is 16.7 Å². The van der Waals surface area contributed by atoms with Crippen LogP contribution in [-0.2, 0) is 16.6 Å². The van der Waals surface area contributed by atoms with E-state index in [-0.39, 0.29) is 4.90 Å². The second-order valence-corrected chi connectivity index (χ2v) is 8.83. The van der Waals surface area contributed by atoms with Crippen LogP contribution >= 0.6 is 0 Å². The van der Waals surface area contributed by atoms with E-state index in [4.69, 9.17) is 4.74 Å². The second-order valence-electron chi connectivity index (χ2n) is 6.90. The van der Waals surface area contributed by atoms with Gasteiger partial charge in [-0.05, 0) is 54.8 Å². The molecule has 2 aromatic rings. The lowest BCUT2D eigenvalue weighted by atomic mass is 10.1. The van der Waals surface area contributed by atoms with Crippen molar-refractivity contribution in [3.63, 3.8) is 0 Å². The van der Waals surface area contributed by atoms with E-state index in [9.17, 15) is 12.8 Å². The van der Waals surface area contributed by atoms with Crippen molar-refractivity contribution in [2.45, 2.75) is 25.3 Å². The lowest BCUT2D eigenvalue weighted by Gasteiger charge is -2.34. The number of methoxy groups -OCH3 is 1. The highest BCUT2D eigenvalue weighted by Crippen LogP contribution is 2.22. The Bertz CT molecular complexity index is 923. The second kappa shape index (κ2) is 7.96. The Morgan fingerprint density at radius 2 is 1.70 bits per heavy atom. The fourth-order valence-electron chi connectivity index (χ4n) is 3.35. The van der Waals surface area contributed by atoms with E-state index in [2.05, 4.69) is 11.0 Å². The van der Waals surface area contributed by atoms with Gasteiger partial charge in [0.2, 0.25) is 10.0 Å². The van der Waals surface area contributed by atoms with Crippen LogP contribution in [0.4, 0.5) is 4.39 Å². The SMILES string of the molecule is COc1ccc(CN2CCN(S(=O)(=O)c3ccc(F)c(C)c3)CC2)cc1C. The van der Waals surface area contributed by atoms with Crippen LogP contribution in [0.2, 0.25) is 0 Å². The lowest BCUT2D eigenvalue weighted by molar-refractivity contribution is 0.181. The molecule has 0 atom stereocenters. The molecule has 0 aliphatic carbocycles. The molecule has 0 radical (unpaired) electrons. The zero-order valence-corrected chi connectivity index (χ0v) is 16.7. The molecule has 27 heavy (non-hydrogen) atoms. The van der Waals surface area contributed by atoms with Crippen molar-refractivity contribution >= 4 is 10.0 Å². The van der Waals surface area contributed by atoms with E-state index in [1.807, 2.05) is 19.1 Å². The smallest absolute Gasteiger partial charge is 0.243 e. The summed E-state index contributed by atoms with van der Waals surface area (Å²) in [6, 6.07) is 10.0. The molecular formula is C20H25FN2O3S. The minimum Gasteiger partial charge on any atom is -0.496 e. The normalized spacial score (nSPS) is 16.4. The van der Waals surface area contributed by atoms with Crippen LogP contribution in [0, 0.1) is 19.7 Å². The van der Waals surface area contributed by atoms with Crippen molar-refractivity contribution in [1.82, 2.24) is 9.21 Å². The Labute approximate surface area is 160 Å². The molecule has 1 aliphatic rings. The number of benzene rings is 2. The summed E-state index contributed by atoms with van der Waals surface area (Å²) in [6.07, 6.45) is 0. The number of sulfonamides is 1. The monoisotopic (exact) mass is 392 g/mol. The van der Waals surface area contributed by atoms with Crippen LogP contribution in [0.25, 0.3) is 0 Å². The van der Waals surface area contributed by atoms with Crippen LogP contribution in [-0.4, -0.2) is 50.9 Å². The van der Waals surface area contributed by atoms with E-state index in [0.29, 0.717) is 31.7 Å². The van der Waals surface area contributed by atoms with Gasteiger partial charge in [-0.25, -0.2) is 12.8 Å². The van der Waals surface area contributed by atoms with Gasteiger partial charge in [-0.15, -0.1) is 0 Å². The van der Waals surface area contributed by atoms with E-state index < -0.39 is 15.8 Å². The molecule has 1 fully saturated rings. The average molecular weight is 392 g/mol. The number of nitrogens with zero attached hydrogens (tertiary/aromatic N) is 2. The van der Waals surface area contributed by atoms with Gasteiger partial charge < -0.3 is 4.74 Å². The molecule has 1 aliphatic heterocycles. The molecule has 3 rings (SSSR count). The maximum atomic E-state index is 13.4. The number of hydrogen-bond donors (Lipinski definition) is 0. The zero-order chi connectivity index (χ0) is 19.6. The summed E-state index contributed by atoms with van der Waals surface area (Å²) in [5.74, 6) is 0.470. The number of halogens is 1. The van der Waals surface area contributed by atoms with Gasteiger partial charge in [-0.2, -0.15) is 4.31 Å². The maximum Gasteiger partial charge on any atom is 0.243 e. The van der Waals surface area contributed by atoms with Gasteiger partial charge in [0.15, 0.2) is 0 Å².